The van der Waals surface area contributed by atoms with Crippen LogP contribution >= 0.6 is 0 Å². The van der Waals surface area contributed by atoms with Gasteiger partial charge in [0.25, 0.3) is 0 Å². The van der Waals surface area contributed by atoms with Crippen molar-refractivity contribution in [3.8, 4) is 0 Å². The number of ketones is 2. The van der Waals surface area contributed by atoms with E-state index < -0.39 is 16.6 Å². The van der Waals surface area contributed by atoms with E-state index >= 15 is 0 Å². The molecular weight excluding hydrogens is 320 g/mol. The van der Waals surface area contributed by atoms with Crippen LogP contribution in [0.5, 0.6) is 0 Å². The van der Waals surface area contributed by atoms with E-state index in [-0.39, 0.29) is 35.2 Å². The molecule has 0 aromatic heterocycles. The molecule has 6 fully saturated rings. The highest BCUT2D eigenvalue weighted by Gasteiger charge is 2.79. The number of carbonyl (C=O) groups is 3. The fraction of sp³-hybridized carbons (Fsp3) is 0.750. The molecule has 7 rings (SSSR count). The largest absolute Gasteiger partial charge is 0.347 e. The summed E-state index contributed by atoms with van der Waals surface area (Å²) in [6.45, 7) is 0. The molecule has 2 spiro atoms. The van der Waals surface area contributed by atoms with Crippen molar-refractivity contribution in [1.29, 1.82) is 0 Å². The highest BCUT2D eigenvalue weighted by Crippen LogP contribution is 2.75. The van der Waals surface area contributed by atoms with Crippen LogP contribution in [0.15, 0.2) is 11.6 Å². The Bertz CT molecular complexity index is 720. The zero-order valence-corrected chi connectivity index (χ0v) is 14.7. The number of rotatable bonds is 3. The molecular formula is C20H24O5. The lowest BCUT2D eigenvalue weighted by molar-refractivity contribution is -0.285. The van der Waals surface area contributed by atoms with Crippen LogP contribution in [-0.2, 0) is 23.9 Å². The van der Waals surface area contributed by atoms with Gasteiger partial charge < -0.3 is 14.3 Å². The number of hydrogen-bond donors (Lipinski definition) is 0. The molecule has 0 N–H and O–H groups in total. The van der Waals surface area contributed by atoms with Crippen LogP contribution in [-0.4, -0.2) is 37.9 Å². The van der Waals surface area contributed by atoms with Gasteiger partial charge >= 0.3 is 0 Å². The second-order valence-corrected chi connectivity index (χ2v) is 8.53. The number of methoxy groups -OCH3 is 2. The zero-order chi connectivity index (χ0) is 17.6. The summed E-state index contributed by atoms with van der Waals surface area (Å²) in [5.74, 6) is -1.59. The molecule has 0 aromatic rings. The van der Waals surface area contributed by atoms with Gasteiger partial charge in [-0.25, -0.2) is 0 Å². The van der Waals surface area contributed by atoms with Gasteiger partial charge in [-0.05, 0) is 44.4 Å². The minimum atomic E-state index is -1.20. The molecule has 25 heavy (non-hydrogen) atoms. The van der Waals surface area contributed by atoms with Crippen LogP contribution in [0.1, 0.15) is 38.5 Å². The molecule has 0 aliphatic heterocycles. The maximum atomic E-state index is 13.6. The zero-order valence-electron chi connectivity index (χ0n) is 14.7. The smallest absolute Gasteiger partial charge is 0.231 e. The second-order valence-electron chi connectivity index (χ2n) is 8.53. The molecule has 0 amide bonds. The molecule has 0 saturated heterocycles. The van der Waals surface area contributed by atoms with E-state index in [2.05, 4.69) is 6.08 Å². The van der Waals surface area contributed by atoms with E-state index in [0.29, 0.717) is 19.3 Å². The van der Waals surface area contributed by atoms with Crippen LogP contribution in [0.3, 0.4) is 0 Å². The first-order chi connectivity index (χ1) is 12.0. The number of carbonyl (C=O) groups excluding carboxylic acids is 3. The maximum absolute atomic E-state index is 13.6. The van der Waals surface area contributed by atoms with Crippen molar-refractivity contribution in [2.45, 2.75) is 44.3 Å². The Hall–Kier alpha value is -1.33. The number of aldehydes is 1. The summed E-state index contributed by atoms with van der Waals surface area (Å²) in [6.07, 6.45) is 7.50. The van der Waals surface area contributed by atoms with Crippen LogP contribution in [0, 0.1) is 34.5 Å². The van der Waals surface area contributed by atoms with E-state index in [4.69, 9.17) is 9.47 Å². The number of hydrogen-bond acceptors (Lipinski definition) is 5. The summed E-state index contributed by atoms with van der Waals surface area (Å²) >= 11 is 0. The Morgan fingerprint density at radius 1 is 1.12 bits per heavy atom. The second kappa shape index (κ2) is 4.68. The third kappa shape index (κ3) is 1.38. The summed E-state index contributed by atoms with van der Waals surface area (Å²) < 4.78 is 11.3. The van der Waals surface area contributed by atoms with Gasteiger partial charge in [-0.2, -0.15) is 0 Å². The standard InChI is InChI=1S/C20H24O5/c1-24-20(25-2)12-8-14-13-5-3-4-11(10-21)18(13)6-7-19(14,17(20)23)15(9-12)16(18)22/h5,10-12,14-15H,3-4,6-9H2,1-2H3/t11-,12+,14-,15+,18+,19-/m0/s1. The lowest BCUT2D eigenvalue weighted by Crippen LogP contribution is -2.77. The van der Waals surface area contributed by atoms with E-state index in [1.165, 1.54) is 14.2 Å². The predicted molar refractivity (Wildman–Crippen MR) is 87.4 cm³/mol. The van der Waals surface area contributed by atoms with Crippen LogP contribution in [0.4, 0.5) is 0 Å². The van der Waals surface area contributed by atoms with Crippen molar-refractivity contribution >= 4 is 17.9 Å². The topological polar surface area (TPSA) is 69.7 Å². The predicted octanol–water partition coefficient (Wildman–Crippen LogP) is 2.09. The van der Waals surface area contributed by atoms with Crippen LogP contribution < -0.4 is 0 Å². The van der Waals surface area contributed by atoms with Gasteiger partial charge in [0.2, 0.25) is 5.79 Å². The Kier molecular flexibility index (Phi) is 2.98. The van der Waals surface area contributed by atoms with Crippen LogP contribution in [0.2, 0.25) is 0 Å². The summed E-state index contributed by atoms with van der Waals surface area (Å²) in [6, 6.07) is 0. The number of ether oxygens (including phenoxy) is 2. The molecule has 7 aliphatic carbocycles. The van der Waals surface area contributed by atoms with E-state index in [0.717, 1.165) is 31.1 Å². The lowest BCUT2D eigenvalue weighted by Gasteiger charge is -2.71. The summed E-state index contributed by atoms with van der Waals surface area (Å²) in [7, 11) is 3.07. The molecule has 5 heteroatoms. The average Bonchev–Trinajstić information content (AvgIpc) is 2.65. The fourth-order valence-electron chi connectivity index (χ4n) is 7.47. The first-order valence-electron chi connectivity index (χ1n) is 9.38. The Labute approximate surface area is 147 Å². The van der Waals surface area contributed by atoms with Gasteiger partial charge in [-0.15, -0.1) is 0 Å². The molecule has 5 nitrogen and oxygen atoms in total. The summed E-state index contributed by atoms with van der Waals surface area (Å²) in [4.78, 5) is 39.0. The van der Waals surface area contributed by atoms with Crippen molar-refractivity contribution in [2.24, 2.45) is 34.5 Å². The van der Waals surface area contributed by atoms with Crippen molar-refractivity contribution < 1.29 is 23.9 Å². The van der Waals surface area contributed by atoms with Gasteiger partial charge in [0.1, 0.15) is 12.1 Å². The quantitative estimate of drug-likeness (QED) is 0.445. The number of allylic oxidation sites excluding steroid dienone is 2. The molecule has 7 aliphatic rings. The SMILES string of the molecule is COC1(OC)C(=O)[C@]23CC[C@]45C(=O)[C@H]2C[C@H]1C[C@H]3C4=CCC[C@H]5C=O. The lowest BCUT2D eigenvalue weighted by atomic mass is 9.31. The molecule has 0 unspecified atom stereocenters. The van der Waals surface area contributed by atoms with E-state index in [1.54, 1.807) is 0 Å². The van der Waals surface area contributed by atoms with E-state index in [1.807, 2.05) is 0 Å². The summed E-state index contributed by atoms with van der Waals surface area (Å²) in [5, 5.41) is 0. The Balaban J connectivity index is 1.73. The average molecular weight is 344 g/mol. The molecule has 0 heterocycles. The highest BCUT2D eigenvalue weighted by atomic mass is 16.7. The van der Waals surface area contributed by atoms with Crippen molar-refractivity contribution in [1.82, 2.24) is 0 Å². The van der Waals surface area contributed by atoms with Gasteiger partial charge in [0.15, 0.2) is 5.78 Å². The van der Waals surface area contributed by atoms with Gasteiger partial charge in [0, 0.05) is 32.0 Å². The maximum Gasteiger partial charge on any atom is 0.231 e. The minimum absolute atomic E-state index is 0.0294. The number of Topliss-reactive ketones (excluding diaryl/α,β-unsaturated/α-hetero) is 2. The third-order valence-corrected chi connectivity index (χ3v) is 8.39. The highest BCUT2D eigenvalue weighted by molar-refractivity contribution is 6.06. The van der Waals surface area contributed by atoms with Crippen LogP contribution in [0.25, 0.3) is 0 Å². The fourth-order valence-corrected chi connectivity index (χ4v) is 7.47. The van der Waals surface area contributed by atoms with Gasteiger partial charge in [-0.3, -0.25) is 9.59 Å². The molecule has 6 atom stereocenters. The van der Waals surface area contributed by atoms with Crippen molar-refractivity contribution in [2.75, 3.05) is 14.2 Å². The minimum Gasteiger partial charge on any atom is -0.347 e. The Morgan fingerprint density at radius 2 is 1.84 bits per heavy atom. The van der Waals surface area contributed by atoms with Crippen molar-refractivity contribution in [3.05, 3.63) is 11.6 Å². The molecule has 0 aromatic carbocycles. The first-order valence-corrected chi connectivity index (χ1v) is 9.38. The van der Waals surface area contributed by atoms with Gasteiger partial charge in [-0.1, -0.05) is 11.6 Å². The normalized spacial score (nSPS) is 49.0. The molecule has 134 valence electrons. The summed E-state index contributed by atoms with van der Waals surface area (Å²) in [5.41, 5.74) is -0.208. The number of fused-ring (bicyclic) bond motifs is 2. The van der Waals surface area contributed by atoms with Gasteiger partial charge in [0.05, 0.1) is 10.8 Å². The first kappa shape index (κ1) is 15.9. The third-order valence-electron chi connectivity index (χ3n) is 8.39. The van der Waals surface area contributed by atoms with Crippen molar-refractivity contribution in [3.63, 3.8) is 0 Å². The molecule has 6 saturated carbocycles. The monoisotopic (exact) mass is 344 g/mol. The van der Waals surface area contributed by atoms with E-state index in [9.17, 15) is 14.4 Å². The Morgan fingerprint density at radius 3 is 2.52 bits per heavy atom. The molecule has 5 bridgehead atoms. The molecule has 0 radical (unpaired) electrons.